The summed E-state index contributed by atoms with van der Waals surface area (Å²) in [5.41, 5.74) is 14.5. The van der Waals surface area contributed by atoms with Crippen LogP contribution in [0.3, 0.4) is 0 Å². The first-order valence-electron chi connectivity index (χ1n) is 12.7. The Morgan fingerprint density at radius 1 is 0.405 bits per heavy atom. The highest BCUT2D eigenvalue weighted by Gasteiger charge is 2.25. The fraction of sp³-hybridized carbons (Fsp3) is 0. The third-order valence-corrected chi connectivity index (χ3v) is 7.63. The number of rotatable bonds is 1. The van der Waals surface area contributed by atoms with Crippen LogP contribution >= 0.6 is 0 Å². The molecule has 0 bridgehead atoms. The Kier molecular flexibility index (Phi) is 4.26. The van der Waals surface area contributed by atoms with Crippen LogP contribution in [-0.2, 0) is 0 Å². The number of aromatic nitrogens is 2. The van der Waals surface area contributed by atoms with Crippen LogP contribution in [-0.4, -0.2) is 9.55 Å². The molecule has 0 aliphatic heterocycles. The fourth-order valence-electron chi connectivity index (χ4n) is 6.12. The van der Waals surface area contributed by atoms with Gasteiger partial charge in [-0.25, -0.2) is 0 Å². The standard InChI is InChI=1S/C35H22N2/c1-2-12-24-23(11-1)25-13-3-4-14-27(25)29-18-9-20-32(34(29)28-16-6-5-15-26(24)28)37-31-19-8-7-17-30(31)35-33(37)21-10-22-36-35/h1-22H. The molecule has 0 fully saturated rings. The molecule has 7 aromatic rings. The summed E-state index contributed by atoms with van der Waals surface area (Å²) in [6.07, 6.45) is 1.89. The van der Waals surface area contributed by atoms with Gasteiger partial charge in [0, 0.05) is 17.1 Å². The van der Waals surface area contributed by atoms with Crippen molar-refractivity contribution in [3.8, 4) is 50.2 Å². The second-order valence-electron chi connectivity index (χ2n) is 9.56. The Morgan fingerprint density at radius 3 is 1.62 bits per heavy atom. The predicted octanol–water partition coefficient (Wildman–Crippen LogP) is 9.16. The summed E-state index contributed by atoms with van der Waals surface area (Å²) >= 11 is 0. The topological polar surface area (TPSA) is 17.8 Å². The van der Waals surface area contributed by atoms with Crippen molar-refractivity contribution in [2.75, 3.05) is 0 Å². The van der Waals surface area contributed by atoms with Gasteiger partial charge in [-0.1, -0.05) is 103 Å². The molecular formula is C35H22N2. The van der Waals surface area contributed by atoms with E-state index in [0.29, 0.717) is 0 Å². The molecule has 2 nitrogen and oxygen atoms in total. The van der Waals surface area contributed by atoms with Gasteiger partial charge < -0.3 is 4.57 Å². The van der Waals surface area contributed by atoms with Gasteiger partial charge in [0.05, 0.1) is 22.2 Å². The first-order chi connectivity index (χ1) is 18.4. The quantitative estimate of drug-likeness (QED) is 0.234. The smallest absolute Gasteiger partial charge is 0.0963 e. The highest BCUT2D eigenvalue weighted by atomic mass is 15.0. The van der Waals surface area contributed by atoms with Gasteiger partial charge >= 0.3 is 0 Å². The molecule has 8 rings (SSSR count). The number of hydrogen-bond donors (Lipinski definition) is 0. The lowest BCUT2D eigenvalue weighted by atomic mass is 9.80. The summed E-state index contributed by atoms with van der Waals surface area (Å²) in [6.45, 7) is 0. The minimum atomic E-state index is 1.03. The van der Waals surface area contributed by atoms with Crippen molar-refractivity contribution in [2.45, 2.75) is 0 Å². The van der Waals surface area contributed by atoms with Crippen LogP contribution in [0.15, 0.2) is 134 Å². The number of nitrogens with zero attached hydrogens (tertiary/aromatic N) is 2. The van der Waals surface area contributed by atoms with E-state index in [2.05, 4.69) is 126 Å². The van der Waals surface area contributed by atoms with E-state index in [1.807, 2.05) is 12.3 Å². The van der Waals surface area contributed by atoms with E-state index < -0.39 is 0 Å². The van der Waals surface area contributed by atoms with Gasteiger partial charge in [-0.05, 0) is 63.2 Å². The van der Waals surface area contributed by atoms with Crippen molar-refractivity contribution in [1.29, 1.82) is 0 Å². The largest absolute Gasteiger partial charge is 0.307 e. The minimum Gasteiger partial charge on any atom is -0.307 e. The zero-order chi connectivity index (χ0) is 24.3. The predicted molar refractivity (Wildman–Crippen MR) is 154 cm³/mol. The number of benzene rings is 5. The third-order valence-electron chi connectivity index (χ3n) is 7.63. The van der Waals surface area contributed by atoms with Gasteiger partial charge in [0.1, 0.15) is 0 Å². The van der Waals surface area contributed by atoms with Gasteiger partial charge in [0.15, 0.2) is 0 Å². The summed E-state index contributed by atoms with van der Waals surface area (Å²) < 4.78 is 2.39. The van der Waals surface area contributed by atoms with Crippen molar-refractivity contribution in [3.05, 3.63) is 134 Å². The van der Waals surface area contributed by atoms with Crippen LogP contribution in [0.2, 0.25) is 0 Å². The molecule has 1 aliphatic carbocycles. The lowest BCUT2D eigenvalue weighted by molar-refractivity contribution is 1.18. The first kappa shape index (κ1) is 20.3. The second kappa shape index (κ2) is 7.78. The monoisotopic (exact) mass is 470 g/mol. The molecule has 0 saturated carbocycles. The SMILES string of the molecule is c1ccc2c(c1)-c1ccccc1-c1cccc(-n3c4ccccc4c4ncccc43)c1-c1ccccc1-2. The Hall–Kier alpha value is -4.95. The van der Waals surface area contributed by atoms with E-state index in [-0.39, 0.29) is 0 Å². The van der Waals surface area contributed by atoms with E-state index in [1.54, 1.807) is 0 Å². The molecule has 172 valence electrons. The van der Waals surface area contributed by atoms with Gasteiger partial charge in [0.2, 0.25) is 0 Å². The van der Waals surface area contributed by atoms with Crippen molar-refractivity contribution < 1.29 is 0 Å². The maximum atomic E-state index is 4.79. The molecule has 2 heterocycles. The zero-order valence-electron chi connectivity index (χ0n) is 20.1. The van der Waals surface area contributed by atoms with Crippen molar-refractivity contribution in [3.63, 3.8) is 0 Å². The summed E-state index contributed by atoms with van der Waals surface area (Å²) in [5, 5.41) is 1.17. The van der Waals surface area contributed by atoms with Gasteiger partial charge in [-0.3, -0.25) is 4.98 Å². The van der Waals surface area contributed by atoms with Crippen LogP contribution in [0.1, 0.15) is 0 Å². The Bertz CT molecular complexity index is 1930. The van der Waals surface area contributed by atoms with Crippen molar-refractivity contribution in [1.82, 2.24) is 9.55 Å². The van der Waals surface area contributed by atoms with Crippen LogP contribution < -0.4 is 0 Å². The maximum Gasteiger partial charge on any atom is 0.0963 e. The Morgan fingerprint density at radius 2 is 0.919 bits per heavy atom. The van der Waals surface area contributed by atoms with Crippen LogP contribution in [0, 0.1) is 0 Å². The number of para-hydroxylation sites is 1. The molecule has 2 heteroatoms. The highest BCUT2D eigenvalue weighted by Crippen LogP contribution is 2.50. The molecule has 2 aromatic heterocycles. The lowest BCUT2D eigenvalue weighted by Gasteiger charge is -2.25. The molecule has 0 spiro atoms. The maximum absolute atomic E-state index is 4.79. The van der Waals surface area contributed by atoms with Crippen LogP contribution in [0.4, 0.5) is 0 Å². The molecular weight excluding hydrogens is 448 g/mol. The van der Waals surface area contributed by atoms with E-state index in [4.69, 9.17) is 4.98 Å². The van der Waals surface area contributed by atoms with Gasteiger partial charge in [-0.2, -0.15) is 0 Å². The van der Waals surface area contributed by atoms with E-state index >= 15 is 0 Å². The van der Waals surface area contributed by atoms with E-state index in [0.717, 1.165) is 16.6 Å². The van der Waals surface area contributed by atoms with Gasteiger partial charge in [-0.15, -0.1) is 0 Å². The molecule has 0 N–H and O–H groups in total. The van der Waals surface area contributed by atoms with Crippen molar-refractivity contribution >= 4 is 21.9 Å². The molecule has 5 aromatic carbocycles. The molecule has 1 aliphatic rings. The lowest BCUT2D eigenvalue weighted by Crippen LogP contribution is -2.02. The molecule has 0 radical (unpaired) electrons. The number of pyridine rings is 1. The van der Waals surface area contributed by atoms with Crippen LogP contribution in [0.25, 0.3) is 72.1 Å². The fourth-order valence-corrected chi connectivity index (χ4v) is 6.12. The molecule has 0 unspecified atom stereocenters. The van der Waals surface area contributed by atoms with Gasteiger partial charge in [0.25, 0.3) is 0 Å². The normalized spacial score (nSPS) is 11.8. The Labute approximate surface area is 215 Å². The summed E-state index contributed by atoms with van der Waals surface area (Å²) in [7, 11) is 0. The van der Waals surface area contributed by atoms with E-state index in [1.165, 1.54) is 55.6 Å². The number of hydrogen-bond acceptors (Lipinski definition) is 1. The molecule has 0 saturated heterocycles. The molecule has 0 atom stereocenters. The third kappa shape index (κ3) is 2.84. The molecule has 37 heavy (non-hydrogen) atoms. The van der Waals surface area contributed by atoms with E-state index in [9.17, 15) is 0 Å². The minimum absolute atomic E-state index is 1.03. The summed E-state index contributed by atoms with van der Waals surface area (Å²) in [4.78, 5) is 4.79. The first-order valence-corrected chi connectivity index (χ1v) is 12.7. The molecule has 0 amide bonds. The van der Waals surface area contributed by atoms with Crippen LogP contribution in [0.5, 0.6) is 0 Å². The Balaban J connectivity index is 1.59. The summed E-state index contributed by atoms with van der Waals surface area (Å²) in [6, 6.07) is 45.9. The average Bonchev–Trinajstić information content (AvgIpc) is 3.30. The number of fused-ring (bicyclic) bond motifs is 11. The summed E-state index contributed by atoms with van der Waals surface area (Å²) in [5.74, 6) is 0. The van der Waals surface area contributed by atoms with Crippen molar-refractivity contribution in [2.24, 2.45) is 0 Å². The average molecular weight is 471 g/mol. The highest BCUT2D eigenvalue weighted by molar-refractivity contribution is 6.10. The second-order valence-corrected chi connectivity index (χ2v) is 9.56. The zero-order valence-corrected chi connectivity index (χ0v) is 20.1.